The van der Waals surface area contributed by atoms with Gasteiger partial charge in [0.1, 0.15) is 17.3 Å². The number of hydrogen-bond acceptors (Lipinski definition) is 4. The van der Waals surface area contributed by atoms with E-state index in [1.807, 2.05) is 18.2 Å². The van der Waals surface area contributed by atoms with Gasteiger partial charge in [0, 0.05) is 35.8 Å². The molecule has 2 amide bonds. The normalized spacial score (nSPS) is 15.0. The first-order valence-corrected chi connectivity index (χ1v) is 10.4. The van der Waals surface area contributed by atoms with Crippen LogP contribution in [0, 0.1) is 5.92 Å². The van der Waals surface area contributed by atoms with Crippen molar-refractivity contribution in [3.63, 3.8) is 0 Å². The highest BCUT2D eigenvalue weighted by Gasteiger charge is 2.25. The zero-order valence-electron chi connectivity index (χ0n) is 17.0. The molecule has 0 radical (unpaired) electrons. The Kier molecular flexibility index (Phi) is 6.18. The van der Waals surface area contributed by atoms with Gasteiger partial charge >= 0.3 is 0 Å². The number of carbonyl (C=O) groups is 2. The standard InChI is InChI=1S/C24H22ClN3O3/c1-15(29)27-23-14-22(10-11-26-23)31-21-9-4-16-2-3-17(12-18(16)13-21)24(30)28-20-7-5-19(25)6-8-20/h4-11,13-14,17H,2-3,12H2,1H3,(H,28,30)(H,26,27,29). The molecular formula is C24H22ClN3O3. The number of carbonyl (C=O) groups excluding carboxylic acids is 2. The van der Waals surface area contributed by atoms with Gasteiger partial charge in [-0.2, -0.15) is 0 Å². The highest BCUT2D eigenvalue weighted by molar-refractivity contribution is 6.30. The lowest BCUT2D eigenvalue weighted by molar-refractivity contribution is -0.120. The number of amides is 2. The van der Waals surface area contributed by atoms with Gasteiger partial charge in [-0.1, -0.05) is 17.7 Å². The highest BCUT2D eigenvalue weighted by Crippen LogP contribution is 2.31. The lowest BCUT2D eigenvalue weighted by Gasteiger charge is -2.24. The first kappa shape index (κ1) is 20.9. The largest absolute Gasteiger partial charge is 0.457 e. The summed E-state index contributed by atoms with van der Waals surface area (Å²) >= 11 is 5.91. The SMILES string of the molecule is CC(=O)Nc1cc(Oc2ccc3c(c2)CC(C(=O)Nc2ccc(Cl)cc2)CC3)ccn1. The fourth-order valence-corrected chi connectivity index (χ4v) is 3.78. The first-order valence-electron chi connectivity index (χ1n) is 10.1. The number of benzene rings is 2. The number of anilines is 2. The predicted molar refractivity (Wildman–Crippen MR) is 121 cm³/mol. The Balaban J connectivity index is 1.44. The minimum absolute atomic E-state index is 0.00776. The molecule has 3 aromatic rings. The molecule has 0 bridgehead atoms. The third-order valence-corrected chi connectivity index (χ3v) is 5.41. The van der Waals surface area contributed by atoms with E-state index in [9.17, 15) is 9.59 Å². The molecule has 1 aliphatic carbocycles. The minimum atomic E-state index is -0.193. The second-order valence-electron chi connectivity index (χ2n) is 7.53. The number of rotatable bonds is 5. The molecular weight excluding hydrogens is 414 g/mol. The Morgan fingerprint density at radius 1 is 1.00 bits per heavy atom. The summed E-state index contributed by atoms with van der Waals surface area (Å²) in [7, 11) is 0. The molecule has 1 aromatic heterocycles. The maximum absolute atomic E-state index is 12.7. The summed E-state index contributed by atoms with van der Waals surface area (Å²) in [4.78, 5) is 28.1. The van der Waals surface area contributed by atoms with Crippen LogP contribution in [0.4, 0.5) is 11.5 Å². The molecule has 1 aliphatic rings. The van der Waals surface area contributed by atoms with Crippen LogP contribution in [0.3, 0.4) is 0 Å². The Hall–Kier alpha value is -3.38. The van der Waals surface area contributed by atoms with Gasteiger partial charge in [0.25, 0.3) is 0 Å². The van der Waals surface area contributed by atoms with Crippen LogP contribution < -0.4 is 15.4 Å². The van der Waals surface area contributed by atoms with E-state index in [0.29, 0.717) is 28.8 Å². The number of hydrogen-bond donors (Lipinski definition) is 2. The van der Waals surface area contributed by atoms with Crippen molar-refractivity contribution in [2.75, 3.05) is 10.6 Å². The van der Waals surface area contributed by atoms with Crippen LogP contribution in [0.5, 0.6) is 11.5 Å². The molecule has 1 atom stereocenters. The van der Waals surface area contributed by atoms with Crippen LogP contribution in [0.2, 0.25) is 5.02 Å². The first-order chi connectivity index (χ1) is 15.0. The summed E-state index contributed by atoms with van der Waals surface area (Å²) in [5, 5.41) is 6.25. The Morgan fingerprint density at radius 2 is 1.77 bits per heavy atom. The van der Waals surface area contributed by atoms with Gasteiger partial charge in [-0.25, -0.2) is 4.98 Å². The number of nitrogens with zero attached hydrogens (tertiary/aromatic N) is 1. The Morgan fingerprint density at radius 3 is 2.55 bits per heavy atom. The number of fused-ring (bicyclic) bond motifs is 1. The van der Waals surface area contributed by atoms with E-state index in [1.165, 1.54) is 12.5 Å². The Labute approximate surface area is 185 Å². The van der Waals surface area contributed by atoms with Gasteiger partial charge in [0.05, 0.1) is 0 Å². The van der Waals surface area contributed by atoms with Crippen LogP contribution in [-0.2, 0) is 22.4 Å². The summed E-state index contributed by atoms with van der Waals surface area (Å²) in [6, 6.07) is 16.5. The van der Waals surface area contributed by atoms with Gasteiger partial charge in [-0.15, -0.1) is 0 Å². The molecule has 0 spiro atoms. The van der Waals surface area contributed by atoms with Crippen LogP contribution in [-0.4, -0.2) is 16.8 Å². The van der Waals surface area contributed by atoms with Gasteiger partial charge in [0.2, 0.25) is 11.8 Å². The third-order valence-electron chi connectivity index (χ3n) is 5.16. The second-order valence-corrected chi connectivity index (χ2v) is 7.96. The molecule has 158 valence electrons. The quantitative estimate of drug-likeness (QED) is 0.575. The van der Waals surface area contributed by atoms with E-state index in [4.69, 9.17) is 16.3 Å². The fourth-order valence-electron chi connectivity index (χ4n) is 3.66. The van der Waals surface area contributed by atoms with E-state index in [0.717, 1.165) is 24.1 Å². The molecule has 2 aromatic carbocycles. The molecule has 31 heavy (non-hydrogen) atoms. The lowest BCUT2D eigenvalue weighted by Crippen LogP contribution is -2.28. The molecule has 0 fully saturated rings. The van der Waals surface area contributed by atoms with Crippen LogP contribution in [0.15, 0.2) is 60.8 Å². The van der Waals surface area contributed by atoms with Crippen molar-refractivity contribution in [1.82, 2.24) is 4.98 Å². The second kappa shape index (κ2) is 9.18. The minimum Gasteiger partial charge on any atom is -0.457 e. The molecule has 1 heterocycles. The van der Waals surface area contributed by atoms with Gasteiger partial charge < -0.3 is 15.4 Å². The van der Waals surface area contributed by atoms with Crippen molar-refractivity contribution in [2.24, 2.45) is 5.92 Å². The summed E-state index contributed by atoms with van der Waals surface area (Å²) in [6.07, 6.45) is 3.88. The summed E-state index contributed by atoms with van der Waals surface area (Å²) in [5.74, 6) is 1.39. The topological polar surface area (TPSA) is 80.3 Å². The van der Waals surface area contributed by atoms with Gasteiger partial charge in [-0.05, 0) is 72.9 Å². The van der Waals surface area contributed by atoms with Crippen LogP contribution >= 0.6 is 11.6 Å². The molecule has 6 nitrogen and oxygen atoms in total. The monoisotopic (exact) mass is 435 g/mol. The van der Waals surface area contributed by atoms with Gasteiger partial charge in [-0.3, -0.25) is 9.59 Å². The highest BCUT2D eigenvalue weighted by atomic mass is 35.5. The number of ether oxygens (including phenoxy) is 1. The molecule has 1 unspecified atom stereocenters. The number of nitrogens with one attached hydrogen (secondary N) is 2. The molecule has 0 saturated heterocycles. The van der Waals surface area contributed by atoms with Crippen molar-refractivity contribution in [3.05, 3.63) is 76.9 Å². The maximum atomic E-state index is 12.7. The molecule has 0 saturated carbocycles. The third kappa shape index (κ3) is 5.41. The van der Waals surface area contributed by atoms with E-state index in [1.54, 1.807) is 42.6 Å². The van der Waals surface area contributed by atoms with Crippen molar-refractivity contribution < 1.29 is 14.3 Å². The zero-order chi connectivity index (χ0) is 21.8. The summed E-state index contributed by atoms with van der Waals surface area (Å²) in [6.45, 7) is 1.43. The molecule has 7 heteroatoms. The van der Waals surface area contributed by atoms with Crippen molar-refractivity contribution >= 4 is 34.9 Å². The average Bonchev–Trinajstić information content (AvgIpc) is 2.74. The van der Waals surface area contributed by atoms with Crippen molar-refractivity contribution in [1.29, 1.82) is 0 Å². The molecule has 0 aliphatic heterocycles. The average molecular weight is 436 g/mol. The van der Waals surface area contributed by atoms with Crippen molar-refractivity contribution in [2.45, 2.75) is 26.2 Å². The molecule has 2 N–H and O–H groups in total. The number of halogens is 1. The maximum Gasteiger partial charge on any atom is 0.227 e. The smallest absolute Gasteiger partial charge is 0.227 e. The van der Waals surface area contributed by atoms with E-state index >= 15 is 0 Å². The summed E-state index contributed by atoms with van der Waals surface area (Å²) < 4.78 is 5.96. The number of aryl methyl sites for hydroxylation is 1. The predicted octanol–water partition coefficient (Wildman–Crippen LogP) is 5.23. The fraction of sp³-hybridized carbons (Fsp3) is 0.208. The van der Waals surface area contributed by atoms with Crippen LogP contribution in [0.1, 0.15) is 24.5 Å². The molecule has 4 rings (SSSR count). The number of pyridine rings is 1. The van der Waals surface area contributed by atoms with Gasteiger partial charge in [0.15, 0.2) is 0 Å². The zero-order valence-corrected chi connectivity index (χ0v) is 17.8. The van der Waals surface area contributed by atoms with E-state index in [-0.39, 0.29) is 17.7 Å². The van der Waals surface area contributed by atoms with Crippen LogP contribution in [0.25, 0.3) is 0 Å². The Bertz CT molecular complexity index is 1120. The van der Waals surface area contributed by atoms with E-state index in [2.05, 4.69) is 15.6 Å². The van der Waals surface area contributed by atoms with E-state index < -0.39 is 0 Å². The summed E-state index contributed by atoms with van der Waals surface area (Å²) in [5.41, 5.74) is 3.08. The number of aromatic nitrogens is 1. The lowest BCUT2D eigenvalue weighted by atomic mass is 9.83. The van der Waals surface area contributed by atoms with Crippen molar-refractivity contribution in [3.8, 4) is 11.5 Å².